The number of carbonyl (C=O) groups is 3. The standard InChI is InChI=1S/C28H26FN3O4/c1-36-24-12-10-23(11-13-24)32-26(33)18-25(28(32)35)31-16-14-30(15-17-31)22-8-4-20(5-9-22)27(34)19-2-6-21(29)7-3-19/h2-13,25H,14-18H2,1H3. The molecular formula is C28H26FN3O4. The van der Waals surface area contributed by atoms with E-state index in [1.54, 1.807) is 43.5 Å². The molecule has 2 aliphatic heterocycles. The molecule has 1 atom stereocenters. The second-order valence-electron chi connectivity index (χ2n) is 8.89. The summed E-state index contributed by atoms with van der Waals surface area (Å²) in [6.45, 7) is 2.70. The Balaban J connectivity index is 1.20. The first-order chi connectivity index (χ1) is 17.4. The second kappa shape index (κ2) is 9.91. The van der Waals surface area contributed by atoms with Crippen LogP contribution in [-0.4, -0.2) is 61.8 Å². The van der Waals surface area contributed by atoms with E-state index in [-0.39, 0.29) is 29.8 Å². The van der Waals surface area contributed by atoms with Crippen LogP contribution >= 0.6 is 0 Å². The fourth-order valence-electron chi connectivity index (χ4n) is 4.79. The molecule has 184 valence electrons. The fourth-order valence-corrected chi connectivity index (χ4v) is 4.79. The number of hydrogen-bond donors (Lipinski definition) is 0. The van der Waals surface area contributed by atoms with Crippen molar-refractivity contribution >= 4 is 29.0 Å². The molecule has 0 aliphatic carbocycles. The predicted octanol–water partition coefficient (Wildman–Crippen LogP) is 3.52. The Morgan fingerprint density at radius 1 is 0.806 bits per heavy atom. The number of benzene rings is 3. The highest BCUT2D eigenvalue weighted by Crippen LogP contribution is 2.28. The molecule has 2 aliphatic rings. The summed E-state index contributed by atoms with van der Waals surface area (Å²) < 4.78 is 18.3. The summed E-state index contributed by atoms with van der Waals surface area (Å²) in [7, 11) is 1.57. The largest absolute Gasteiger partial charge is 0.497 e. The molecular weight excluding hydrogens is 461 g/mol. The van der Waals surface area contributed by atoms with E-state index in [1.165, 1.54) is 29.2 Å². The molecule has 5 rings (SSSR count). The highest BCUT2D eigenvalue weighted by atomic mass is 19.1. The Kier molecular flexibility index (Phi) is 6.52. The van der Waals surface area contributed by atoms with Gasteiger partial charge in [-0.3, -0.25) is 19.3 Å². The number of amides is 2. The van der Waals surface area contributed by atoms with E-state index in [0.29, 0.717) is 48.7 Å². The lowest BCUT2D eigenvalue weighted by atomic mass is 10.0. The van der Waals surface area contributed by atoms with Crippen LogP contribution in [-0.2, 0) is 9.59 Å². The lowest BCUT2D eigenvalue weighted by Gasteiger charge is -2.38. The van der Waals surface area contributed by atoms with Crippen molar-refractivity contribution in [2.24, 2.45) is 0 Å². The van der Waals surface area contributed by atoms with E-state index in [4.69, 9.17) is 4.74 Å². The van der Waals surface area contributed by atoms with Gasteiger partial charge >= 0.3 is 0 Å². The average molecular weight is 488 g/mol. The van der Waals surface area contributed by atoms with Gasteiger partial charge in [-0.15, -0.1) is 0 Å². The maximum Gasteiger partial charge on any atom is 0.251 e. The van der Waals surface area contributed by atoms with Gasteiger partial charge in [-0.25, -0.2) is 9.29 Å². The number of ether oxygens (including phenoxy) is 1. The minimum absolute atomic E-state index is 0.155. The minimum atomic E-state index is -0.461. The average Bonchev–Trinajstić information content (AvgIpc) is 3.22. The number of carbonyl (C=O) groups excluding carboxylic acids is 3. The molecule has 3 aromatic carbocycles. The molecule has 0 radical (unpaired) electrons. The Bertz CT molecular complexity index is 1270. The van der Waals surface area contributed by atoms with Gasteiger partial charge in [0.1, 0.15) is 11.6 Å². The van der Waals surface area contributed by atoms with E-state index >= 15 is 0 Å². The summed E-state index contributed by atoms with van der Waals surface area (Å²) >= 11 is 0. The molecule has 0 saturated carbocycles. The van der Waals surface area contributed by atoms with Crippen LogP contribution in [0.3, 0.4) is 0 Å². The van der Waals surface area contributed by atoms with Gasteiger partial charge in [-0.1, -0.05) is 0 Å². The summed E-state index contributed by atoms with van der Waals surface area (Å²) in [5.74, 6) is -0.255. The van der Waals surface area contributed by atoms with Crippen molar-refractivity contribution in [1.82, 2.24) is 4.90 Å². The molecule has 0 N–H and O–H groups in total. The van der Waals surface area contributed by atoms with E-state index in [2.05, 4.69) is 9.80 Å². The van der Waals surface area contributed by atoms with Crippen LogP contribution in [0.15, 0.2) is 72.8 Å². The van der Waals surface area contributed by atoms with Crippen molar-refractivity contribution in [2.75, 3.05) is 43.1 Å². The third-order valence-corrected chi connectivity index (χ3v) is 6.81. The van der Waals surface area contributed by atoms with Gasteiger partial charge in [0.05, 0.1) is 25.3 Å². The quantitative estimate of drug-likeness (QED) is 0.392. The van der Waals surface area contributed by atoms with Crippen LogP contribution in [0, 0.1) is 5.82 Å². The molecule has 2 fully saturated rings. The molecule has 0 spiro atoms. The van der Waals surface area contributed by atoms with Gasteiger partial charge in [0, 0.05) is 43.0 Å². The minimum Gasteiger partial charge on any atom is -0.497 e. The van der Waals surface area contributed by atoms with Gasteiger partial charge in [0.25, 0.3) is 5.91 Å². The molecule has 2 heterocycles. The molecule has 2 amide bonds. The molecule has 2 saturated heterocycles. The summed E-state index contributed by atoms with van der Waals surface area (Å²) in [5.41, 5.74) is 2.52. The lowest BCUT2D eigenvalue weighted by Crippen LogP contribution is -2.52. The monoisotopic (exact) mass is 487 g/mol. The van der Waals surface area contributed by atoms with Gasteiger partial charge in [-0.05, 0) is 72.8 Å². The van der Waals surface area contributed by atoms with Gasteiger partial charge < -0.3 is 9.64 Å². The molecule has 0 bridgehead atoms. The molecule has 8 heteroatoms. The first-order valence-electron chi connectivity index (χ1n) is 11.8. The lowest BCUT2D eigenvalue weighted by molar-refractivity contribution is -0.123. The van der Waals surface area contributed by atoms with Gasteiger partial charge in [0.2, 0.25) is 5.91 Å². The summed E-state index contributed by atoms with van der Waals surface area (Å²) in [4.78, 5) is 44.0. The van der Waals surface area contributed by atoms with Crippen LogP contribution in [0.2, 0.25) is 0 Å². The van der Waals surface area contributed by atoms with Crippen LogP contribution < -0.4 is 14.5 Å². The maximum atomic E-state index is 13.1. The number of rotatable bonds is 6. The van der Waals surface area contributed by atoms with Crippen LogP contribution in [0.5, 0.6) is 5.75 Å². The van der Waals surface area contributed by atoms with Crippen LogP contribution in [0.25, 0.3) is 0 Å². The SMILES string of the molecule is COc1ccc(N2C(=O)CC(N3CCN(c4ccc(C(=O)c5ccc(F)cc5)cc4)CC3)C2=O)cc1. The van der Waals surface area contributed by atoms with E-state index in [1.807, 2.05) is 12.1 Å². The van der Waals surface area contributed by atoms with Crippen LogP contribution in [0.4, 0.5) is 15.8 Å². The van der Waals surface area contributed by atoms with Crippen molar-refractivity contribution in [3.05, 3.63) is 89.7 Å². The molecule has 0 aromatic heterocycles. The molecule has 7 nitrogen and oxygen atoms in total. The number of imide groups is 1. The number of halogens is 1. The number of ketones is 1. The van der Waals surface area contributed by atoms with Crippen molar-refractivity contribution in [3.63, 3.8) is 0 Å². The first kappa shape index (κ1) is 23.7. The van der Waals surface area contributed by atoms with Gasteiger partial charge in [-0.2, -0.15) is 0 Å². The number of anilines is 2. The number of hydrogen-bond acceptors (Lipinski definition) is 6. The number of piperazine rings is 1. The molecule has 1 unspecified atom stereocenters. The van der Waals surface area contributed by atoms with E-state index < -0.39 is 6.04 Å². The first-order valence-corrected chi connectivity index (χ1v) is 11.8. The summed E-state index contributed by atoms with van der Waals surface area (Å²) in [6.07, 6.45) is 0.172. The topological polar surface area (TPSA) is 70.2 Å². The number of nitrogens with zero attached hydrogens (tertiary/aromatic N) is 3. The van der Waals surface area contributed by atoms with E-state index in [9.17, 15) is 18.8 Å². The highest BCUT2D eigenvalue weighted by molar-refractivity contribution is 6.22. The van der Waals surface area contributed by atoms with Crippen molar-refractivity contribution in [2.45, 2.75) is 12.5 Å². The zero-order valence-electron chi connectivity index (χ0n) is 19.9. The third kappa shape index (κ3) is 4.59. The smallest absolute Gasteiger partial charge is 0.251 e. The van der Waals surface area contributed by atoms with Crippen LogP contribution in [0.1, 0.15) is 22.3 Å². The molecule has 36 heavy (non-hydrogen) atoms. The normalized spacial score (nSPS) is 18.6. The third-order valence-electron chi connectivity index (χ3n) is 6.81. The second-order valence-corrected chi connectivity index (χ2v) is 8.89. The Hall–Kier alpha value is -4.04. The Morgan fingerprint density at radius 2 is 1.36 bits per heavy atom. The van der Waals surface area contributed by atoms with Crippen molar-refractivity contribution < 1.29 is 23.5 Å². The Labute approximate surface area is 208 Å². The van der Waals surface area contributed by atoms with Crippen molar-refractivity contribution in [3.8, 4) is 5.75 Å². The van der Waals surface area contributed by atoms with E-state index in [0.717, 1.165) is 5.69 Å². The summed E-state index contributed by atoms with van der Waals surface area (Å²) in [6, 6.07) is 19.3. The summed E-state index contributed by atoms with van der Waals surface area (Å²) in [5, 5.41) is 0. The molecule has 3 aromatic rings. The van der Waals surface area contributed by atoms with Gasteiger partial charge in [0.15, 0.2) is 5.78 Å². The number of methoxy groups -OCH3 is 1. The van der Waals surface area contributed by atoms with Crippen molar-refractivity contribution in [1.29, 1.82) is 0 Å². The Morgan fingerprint density at radius 3 is 1.94 bits per heavy atom. The highest BCUT2D eigenvalue weighted by Gasteiger charge is 2.43. The maximum absolute atomic E-state index is 13.1. The zero-order valence-corrected chi connectivity index (χ0v) is 19.9. The predicted molar refractivity (Wildman–Crippen MR) is 134 cm³/mol. The zero-order chi connectivity index (χ0) is 25.2. The fraction of sp³-hybridized carbons (Fsp3) is 0.250.